The third-order valence-corrected chi connectivity index (χ3v) is 6.44. The van der Waals surface area contributed by atoms with Crippen LogP contribution in [0.15, 0.2) is 46.9 Å². The van der Waals surface area contributed by atoms with Crippen molar-refractivity contribution in [3.05, 3.63) is 52.3 Å². The van der Waals surface area contributed by atoms with Crippen LogP contribution in [0.4, 0.5) is 0 Å². The molecule has 0 spiro atoms. The van der Waals surface area contributed by atoms with Crippen LogP contribution < -0.4 is 4.80 Å². The van der Waals surface area contributed by atoms with Gasteiger partial charge in [0.2, 0.25) is 0 Å². The molecule has 1 saturated heterocycles. The largest absolute Gasteiger partial charge is 0.327 e. The van der Waals surface area contributed by atoms with Crippen molar-refractivity contribution in [3.63, 3.8) is 0 Å². The van der Waals surface area contributed by atoms with E-state index in [1.807, 2.05) is 58.4 Å². The molecule has 1 saturated carbocycles. The lowest BCUT2D eigenvalue weighted by molar-refractivity contribution is -0.122. The summed E-state index contributed by atoms with van der Waals surface area (Å²) in [5.74, 6) is 0.184. The number of aromatic nitrogens is 1. The molecule has 0 bridgehead atoms. The summed E-state index contributed by atoms with van der Waals surface area (Å²) >= 11 is 1.44. The average Bonchev–Trinajstić information content (AvgIpc) is 3.25. The van der Waals surface area contributed by atoms with E-state index in [-0.39, 0.29) is 17.9 Å². The zero-order chi connectivity index (χ0) is 18.1. The molecule has 0 radical (unpaired) electrons. The van der Waals surface area contributed by atoms with Crippen LogP contribution in [-0.2, 0) is 11.8 Å². The summed E-state index contributed by atoms with van der Waals surface area (Å²) in [6.07, 6.45) is 7.02. The number of aryl methyl sites for hydroxylation is 1. The predicted octanol–water partition coefficient (Wildman–Crippen LogP) is 2.99. The zero-order valence-corrected chi connectivity index (χ0v) is 15.7. The maximum Gasteiger partial charge on any atom is 0.271 e. The molecule has 1 aromatic heterocycles. The van der Waals surface area contributed by atoms with Crippen LogP contribution in [0.5, 0.6) is 0 Å². The molecule has 1 aromatic carbocycles. The molecule has 1 aliphatic heterocycles. The monoisotopic (exact) mass is 369 g/mol. The van der Waals surface area contributed by atoms with E-state index in [0.717, 1.165) is 25.7 Å². The number of carbonyl (C=O) groups excluding carboxylic acids is 2. The van der Waals surface area contributed by atoms with Gasteiger partial charge >= 0.3 is 0 Å². The molecular formula is C20H23N3O2S. The first-order valence-corrected chi connectivity index (χ1v) is 10.1. The fourth-order valence-electron chi connectivity index (χ4n) is 4.31. The molecule has 5 nitrogen and oxygen atoms in total. The summed E-state index contributed by atoms with van der Waals surface area (Å²) < 4.78 is 1.84. The Morgan fingerprint density at radius 1 is 1.15 bits per heavy atom. The molecule has 2 amide bonds. The molecule has 6 heteroatoms. The first-order valence-electron chi connectivity index (χ1n) is 9.21. The van der Waals surface area contributed by atoms with Crippen molar-refractivity contribution in [2.75, 3.05) is 0 Å². The van der Waals surface area contributed by atoms with Crippen molar-refractivity contribution in [2.24, 2.45) is 18.0 Å². The van der Waals surface area contributed by atoms with E-state index < -0.39 is 6.04 Å². The van der Waals surface area contributed by atoms with Crippen LogP contribution in [0.1, 0.15) is 42.5 Å². The molecule has 1 aliphatic carbocycles. The third-order valence-electron chi connectivity index (χ3n) is 5.59. The standard InChI is InChI=1S/C20H23N3O2S/c1-22-11-12-26-20(22)21-18(24)17-13-15-9-5-6-10-16(15)23(17)19(25)14-7-3-2-4-8-14/h2-4,7-8,11-12,15-17H,5-6,9-10,13H2,1H3. The summed E-state index contributed by atoms with van der Waals surface area (Å²) in [6.45, 7) is 0. The molecule has 3 atom stereocenters. The second-order valence-electron chi connectivity index (χ2n) is 7.19. The first kappa shape index (κ1) is 17.2. The summed E-state index contributed by atoms with van der Waals surface area (Å²) in [5, 5.41) is 1.91. The Hall–Kier alpha value is -2.21. The van der Waals surface area contributed by atoms with Crippen molar-refractivity contribution >= 4 is 23.2 Å². The average molecular weight is 369 g/mol. The van der Waals surface area contributed by atoms with Gasteiger partial charge in [0.1, 0.15) is 6.04 Å². The Bertz CT molecular complexity index is 870. The molecule has 2 aliphatic rings. The van der Waals surface area contributed by atoms with E-state index in [1.165, 1.54) is 17.8 Å². The minimum Gasteiger partial charge on any atom is -0.327 e. The van der Waals surface area contributed by atoms with Crippen LogP contribution in [0, 0.1) is 5.92 Å². The van der Waals surface area contributed by atoms with Crippen molar-refractivity contribution < 1.29 is 9.59 Å². The van der Waals surface area contributed by atoms with Gasteiger partial charge in [0, 0.05) is 30.2 Å². The lowest BCUT2D eigenvalue weighted by Crippen LogP contribution is -2.46. The highest BCUT2D eigenvalue weighted by Gasteiger charge is 2.47. The number of likely N-dealkylation sites (tertiary alicyclic amines) is 1. The van der Waals surface area contributed by atoms with Gasteiger partial charge in [-0.2, -0.15) is 4.99 Å². The van der Waals surface area contributed by atoms with Crippen molar-refractivity contribution in [3.8, 4) is 0 Å². The van der Waals surface area contributed by atoms with Gasteiger partial charge < -0.3 is 9.47 Å². The van der Waals surface area contributed by atoms with Crippen molar-refractivity contribution in [2.45, 2.75) is 44.2 Å². The molecule has 2 aromatic rings. The zero-order valence-electron chi connectivity index (χ0n) is 14.9. The number of benzene rings is 1. The fraction of sp³-hybridized carbons (Fsp3) is 0.450. The molecule has 3 unspecified atom stereocenters. The number of amides is 2. The van der Waals surface area contributed by atoms with Crippen molar-refractivity contribution in [1.82, 2.24) is 9.47 Å². The van der Waals surface area contributed by atoms with Crippen LogP contribution in [0.3, 0.4) is 0 Å². The molecule has 2 heterocycles. The Morgan fingerprint density at radius 3 is 2.65 bits per heavy atom. The highest BCUT2D eigenvalue weighted by molar-refractivity contribution is 7.07. The van der Waals surface area contributed by atoms with Crippen LogP contribution in [0.2, 0.25) is 0 Å². The van der Waals surface area contributed by atoms with E-state index in [0.29, 0.717) is 16.3 Å². The minimum absolute atomic E-state index is 0.0379. The number of rotatable bonds is 2. The number of hydrogen-bond acceptors (Lipinski definition) is 3. The normalized spacial score (nSPS) is 26.0. The van der Waals surface area contributed by atoms with Gasteiger partial charge in [-0.15, -0.1) is 11.3 Å². The molecule has 26 heavy (non-hydrogen) atoms. The highest BCUT2D eigenvalue weighted by atomic mass is 32.1. The van der Waals surface area contributed by atoms with Crippen LogP contribution >= 0.6 is 11.3 Å². The summed E-state index contributed by atoms with van der Waals surface area (Å²) in [7, 11) is 1.88. The van der Waals surface area contributed by atoms with Gasteiger partial charge in [0.25, 0.3) is 11.8 Å². The molecular weight excluding hydrogens is 346 g/mol. The first-order chi connectivity index (χ1) is 12.6. The molecule has 4 rings (SSSR count). The van der Waals surface area contributed by atoms with Gasteiger partial charge in [-0.1, -0.05) is 31.0 Å². The SMILES string of the molecule is Cn1ccsc1=NC(=O)C1CC2CCCCC2N1C(=O)c1ccccc1. The quantitative estimate of drug-likeness (QED) is 0.817. The molecule has 0 N–H and O–H groups in total. The van der Waals surface area contributed by atoms with Gasteiger partial charge in [-0.25, -0.2) is 0 Å². The van der Waals surface area contributed by atoms with Crippen LogP contribution in [0.25, 0.3) is 0 Å². The maximum atomic E-state index is 13.2. The third kappa shape index (κ3) is 3.14. The maximum absolute atomic E-state index is 13.2. The second-order valence-corrected chi connectivity index (χ2v) is 8.06. The van der Waals surface area contributed by atoms with E-state index in [1.54, 1.807) is 0 Å². The lowest BCUT2D eigenvalue weighted by Gasteiger charge is -2.33. The predicted molar refractivity (Wildman–Crippen MR) is 101 cm³/mol. The van der Waals surface area contributed by atoms with Crippen LogP contribution in [-0.4, -0.2) is 33.4 Å². The van der Waals surface area contributed by atoms with Gasteiger partial charge in [-0.3, -0.25) is 9.59 Å². The van der Waals surface area contributed by atoms with Gasteiger partial charge in [0.15, 0.2) is 4.80 Å². The van der Waals surface area contributed by atoms with E-state index >= 15 is 0 Å². The Morgan fingerprint density at radius 2 is 1.92 bits per heavy atom. The van der Waals surface area contributed by atoms with E-state index in [2.05, 4.69) is 4.99 Å². The number of fused-ring (bicyclic) bond motifs is 1. The highest BCUT2D eigenvalue weighted by Crippen LogP contribution is 2.40. The minimum atomic E-state index is -0.446. The van der Waals surface area contributed by atoms with E-state index in [4.69, 9.17) is 0 Å². The molecule has 136 valence electrons. The summed E-state index contributed by atoms with van der Waals surface area (Å²) in [4.78, 5) is 33.1. The van der Waals surface area contributed by atoms with Gasteiger partial charge in [0.05, 0.1) is 0 Å². The number of hydrogen-bond donors (Lipinski definition) is 0. The number of thiazole rings is 1. The Labute approximate surface area is 157 Å². The topological polar surface area (TPSA) is 54.7 Å². The fourth-order valence-corrected chi connectivity index (χ4v) is 5.04. The van der Waals surface area contributed by atoms with E-state index in [9.17, 15) is 9.59 Å². The molecule has 2 fully saturated rings. The Balaban J connectivity index is 1.68. The Kier molecular flexibility index (Phi) is 4.76. The lowest BCUT2D eigenvalue weighted by atomic mass is 9.84. The van der Waals surface area contributed by atoms with Crippen molar-refractivity contribution in [1.29, 1.82) is 0 Å². The second kappa shape index (κ2) is 7.19. The summed E-state index contributed by atoms with van der Waals surface area (Å²) in [6, 6.07) is 9.02. The number of nitrogens with zero attached hydrogens (tertiary/aromatic N) is 3. The summed E-state index contributed by atoms with van der Waals surface area (Å²) in [5.41, 5.74) is 0.651. The smallest absolute Gasteiger partial charge is 0.271 e. The number of carbonyl (C=O) groups is 2. The van der Waals surface area contributed by atoms with Gasteiger partial charge in [-0.05, 0) is 37.3 Å².